The van der Waals surface area contributed by atoms with Crippen molar-refractivity contribution in [1.29, 1.82) is 0 Å². The van der Waals surface area contributed by atoms with E-state index >= 15 is 0 Å². The second-order valence-electron chi connectivity index (χ2n) is 7.42. The van der Waals surface area contributed by atoms with E-state index in [1.807, 2.05) is 25.1 Å². The van der Waals surface area contributed by atoms with Crippen LogP contribution < -0.4 is 0 Å². The number of benzene rings is 1. The number of halogens is 1. The molecule has 0 aromatic heterocycles. The van der Waals surface area contributed by atoms with Crippen LogP contribution in [0, 0.1) is 23.7 Å². The standard InChI is InChI=1S/C18H23BrO2/c1-11-13(6-5-7-14(11)19)16(20)21-15-10-12-8-9-18(15,4)17(12,2)3/h5-7,12,15H,8-10H2,1-4H3. The van der Waals surface area contributed by atoms with Gasteiger partial charge in [0.15, 0.2) is 0 Å². The maximum absolute atomic E-state index is 12.6. The predicted octanol–water partition coefficient (Wildman–Crippen LogP) is 5.13. The van der Waals surface area contributed by atoms with Crippen molar-refractivity contribution < 1.29 is 9.53 Å². The number of carbonyl (C=O) groups excluding carboxylic acids is 1. The van der Waals surface area contributed by atoms with Crippen LogP contribution in [0.2, 0.25) is 0 Å². The quantitative estimate of drug-likeness (QED) is 0.691. The van der Waals surface area contributed by atoms with E-state index < -0.39 is 0 Å². The topological polar surface area (TPSA) is 26.3 Å². The molecule has 2 aliphatic rings. The first-order valence-corrected chi connectivity index (χ1v) is 8.53. The normalized spacial score (nSPS) is 33.2. The van der Waals surface area contributed by atoms with Crippen LogP contribution in [0.15, 0.2) is 22.7 Å². The minimum Gasteiger partial charge on any atom is -0.458 e. The van der Waals surface area contributed by atoms with Gasteiger partial charge in [-0.2, -0.15) is 0 Å². The monoisotopic (exact) mass is 350 g/mol. The van der Waals surface area contributed by atoms with E-state index in [0.717, 1.165) is 16.5 Å². The molecule has 0 spiro atoms. The lowest BCUT2D eigenvalue weighted by atomic mass is 9.70. The summed E-state index contributed by atoms with van der Waals surface area (Å²) in [6.45, 7) is 8.92. The van der Waals surface area contributed by atoms with E-state index in [1.54, 1.807) is 0 Å². The summed E-state index contributed by atoms with van der Waals surface area (Å²) in [6.07, 6.45) is 3.51. The predicted molar refractivity (Wildman–Crippen MR) is 87.3 cm³/mol. The lowest BCUT2D eigenvalue weighted by molar-refractivity contribution is -0.0243. The fourth-order valence-corrected chi connectivity index (χ4v) is 4.70. The summed E-state index contributed by atoms with van der Waals surface area (Å²) in [5.41, 5.74) is 2.01. The first-order valence-electron chi connectivity index (χ1n) is 7.73. The van der Waals surface area contributed by atoms with Gasteiger partial charge in [-0.3, -0.25) is 0 Å². The number of esters is 1. The lowest BCUT2D eigenvalue weighted by Crippen LogP contribution is -2.38. The minimum absolute atomic E-state index is 0.0529. The van der Waals surface area contributed by atoms with Crippen LogP contribution in [-0.2, 0) is 4.74 Å². The molecule has 1 aromatic carbocycles. The maximum atomic E-state index is 12.6. The summed E-state index contributed by atoms with van der Waals surface area (Å²) in [5.74, 6) is 0.507. The van der Waals surface area contributed by atoms with Crippen LogP contribution in [0.1, 0.15) is 56.0 Å². The van der Waals surface area contributed by atoms with Gasteiger partial charge in [0, 0.05) is 9.89 Å². The van der Waals surface area contributed by atoms with Crippen molar-refractivity contribution >= 4 is 21.9 Å². The Morgan fingerprint density at radius 1 is 1.33 bits per heavy atom. The number of carbonyl (C=O) groups is 1. The van der Waals surface area contributed by atoms with Gasteiger partial charge < -0.3 is 4.74 Å². The molecule has 0 aliphatic heterocycles. The highest BCUT2D eigenvalue weighted by molar-refractivity contribution is 9.10. The van der Waals surface area contributed by atoms with Crippen molar-refractivity contribution in [2.45, 2.75) is 53.1 Å². The Bertz CT molecular complexity index is 593. The van der Waals surface area contributed by atoms with Gasteiger partial charge in [-0.05, 0) is 55.2 Å². The van der Waals surface area contributed by atoms with Crippen LogP contribution in [0.4, 0.5) is 0 Å². The fourth-order valence-electron chi connectivity index (χ4n) is 4.33. The van der Waals surface area contributed by atoms with Crippen LogP contribution in [0.3, 0.4) is 0 Å². The van der Waals surface area contributed by atoms with Crippen molar-refractivity contribution in [2.24, 2.45) is 16.7 Å². The van der Waals surface area contributed by atoms with Crippen LogP contribution in [0.5, 0.6) is 0 Å². The SMILES string of the molecule is Cc1c(Br)cccc1C(=O)OC1CC2CCC1(C)C2(C)C. The van der Waals surface area contributed by atoms with Crippen LogP contribution in [-0.4, -0.2) is 12.1 Å². The van der Waals surface area contributed by atoms with Gasteiger partial charge in [0.05, 0.1) is 5.56 Å². The summed E-state index contributed by atoms with van der Waals surface area (Å²) in [7, 11) is 0. The number of ether oxygens (including phenoxy) is 1. The second kappa shape index (κ2) is 4.84. The van der Waals surface area contributed by atoms with Gasteiger partial charge in [-0.25, -0.2) is 4.79 Å². The summed E-state index contributed by atoms with van der Waals surface area (Å²) in [4.78, 5) is 12.6. The van der Waals surface area contributed by atoms with Gasteiger partial charge in [-0.1, -0.05) is 42.8 Å². The molecule has 2 fully saturated rings. The number of hydrogen-bond acceptors (Lipinski definition) is 2. The molecule has 2 bridgehead atoms. The van der Waals surface area contributed by atoms with E-state index in [4.69, 9.17) is 4.74 Å². The molecule has 0 radical (unpaired) electrons. The van der Waals surface area contributed by atoms with Crippen molar-refractivity contribution in [3.8, 4) is 0 Å². The molecular formula is C18H23BrO2. The van der Waals surface area contributed by atoms with Gasteiger partial charge in [0.2, 0.25) is 0 Å². The molecular weight excluding hydrogens is 328 g/mol. The van der Waals surface area contributed by atoms with E-state index in [1.165, 1.54) is 12.8 Å². The van der Waals surface area contributed by atoms with E-state index in [9.17, 15) is 4.79 Å². The van der Waals surface area contributed by atoms with E-state index in [0.29, 0.717) is 11.5 Å². The third-order valence-corrected chi connectivity index (χ3v) is 7.31. The molecule has 3 heteroatoms. The molecule has 114 valence electrons. The lowest BCUT2D eigenvalue weighted by Gasteiger charge is -2.38. The van der Waals surface area contributed by atoms with Gasteiger partial charge in [0.1, 0.15) is 6.10 Å². The average molecular weight is 351 g/mol. The minimum atomic E-state index is -0.177. The molecule has 2 saturated carbocycles. The van der Waals surface area contributed by atoms with Crippen molar-refractivity contribution in [2.75, 3.05) is 0 Å². The van der Waals surface area contributed by atoms with Gasteiger partial charge >= 0.3 is 5.97 Å². The fraction of sp³-hybridized carbons (Fsp3) is 0.611. The highest BCUT2D eigenvalue weighted by Crippen LogP contribution is 2.66. The summed E-state index contributed by atoms with van der Waals surface area (Å²) >= 11 is 3.48. The molecule has 2 aliphatic carbocycles. The average Bonchev–Trinajstić information content (AvgIpc) is 2.75. The Balaban J connectivity index is 1.82. The molecule has 0 amide bonds. The Kier molecular flexibility index (Phi) is 3.47. The highest BCUT2D eigenvalue weighted by atomic mass is 79.9. The zero-order valence-corrected chi connectivity index (χ0v) is 14.8. The smallest absolute Gasteiger partial charge is 0.338 e. The third-order valence-electron chi connectivity index (χ3n) is 6.45. The zero-order valence-electron chi connectivity index (χ0n) is 13.2. The summed E-state index contributed by atoms with van der Waals surface area (Å²) in [6, 6.07) is 5.69. The Hall–Kier alpha value is -0.830. The van der Waals surface area contributed by atoms with E-state index in [-0.39, 0.29) is 22.9 Å². The van der Waals surface area contributed by atoms with Crippen molar-refractivity contribution in [3.63, 3.8) is 0 Å². The number of rotatable bonds is 2. The molecule has 3 unspecified atom stereocenters. The van der Waals surface area contributed by atoms with Gasteiger partial charge in [0.25, 0.3) is 0 Å². The number of fused-ring (bicyclic) bond motifs is 2. The Morgan fingerprint density at radius 2 is 2.05 bits per heavy atom. The second-order valence-corrected chi connectivity index (χ2v) is 8.27. The molecule has 3 atom stereocenters. The third kappa shape index (κ3) is 2.08. The van der Waals surface area contributed by atoms with Crippen molar-refractivity contribution in [3.05, 3.63) is 33.8 Å². The Morgan fingerprint density at radius 3 is 2.62 bits per heavy atom. The van der Waals surface area contributed by atoms with E-state index in [2.05, 4.69) is 36.7 Å². The van der Waals surface area contributed by atoms with Gasteiger partial charge in [-0.15, -0.1) is 0 Å². The molecule has 0 saturated heterocycles. The van der Waals surface area contributed by atoms with Crippen LogP contribution >= 0.6 is 15.9 Å². The molecule has 2 nitrogen and oxygen atoms in total. The largest absolute Gasteiger partial charge is 0.458 e. The molecule has 0 N–H and O–H groups in total. The molecule has 3 rings (SSSR count). The van der Waals surface area contributed by atoms with Crippen LogP contribution in [0.25, 0.3) is 0 Å². The summed E-state index contributed by atoms with van der Waals surface area (Å²) < 4.78 is 6.90. The highest BCUT2D eigenvalue weighted by Gasteiger charge is 2.62. The summed E-state index contributed by atoms with van der Waals surface area (Å²) in [5, 5.41) is 0. The molecule has 21 heavy (non-hydrogen) atoms. The first kappa shape index (κ1) is 15.1. The number of hydrogen-bond donors (Lipinski definition) is 0. The first-order chi connectivity index (χ1) is 9.77. The molecule has 0 heterocycles. The maximum Gasteiger partial charge on any atom is 0.338 e. The Labute approximate surface area is 135 Å². The van der Waals surface area contributed by atoms with Crippen molar-refractivity contribution in [1.82, 2.24) is 0 Å². The molecule has 1 aromatic rings. The zero-order chi connectivity index (χ0) is 15.4.